The van der Waals surface area contributed by atoms with E-state index in [1.807, 2.05) is 6.92 Å². The van der Waals surface area contributed by atoms with Crippen LogP contribution < -0.4 is 20.3 Å². The molecule has 31 heavy (non-hydrogen) atoms. The van der Waals surface area contributed by atoms with Gasteiger partial charge in [-0.2, -0.15) is 0 Å². The number of piperidine rings is 1. The highest BCUT2D eigenvalue weighted by Gasteiger charge is 2.27. The van der Waals surface area contributed by atoms with Gasteiger partial charge in [0.1, 0.15) is 11.9 Å². The number of hydrogen-bond donors (Lipinski definition) is 2. The van der Waals surface area contributed by atoms with Crippen LogP contribution in [-0.2, 0) is 17.7 Å². The summed E-state index contributed by atoms with van der Waals surface area (Å²) >= 11 is 0. The van der Waals surface area contributed by atoms with Crippen LogP contribution in [0.3, 0.4) is 0 Å². The normalized spacial score (nSPS) is 17.9. The molecule has 0 spiro atoms. The first kappa shape index (κ1) is 21.7. The molecule has 1 aromatic heterocycles. The second-order valence-electron chi connectivity index (χ2n) is 8.10. The van der Waals surface area contributed by atoms with Crippen molar-refractivity contribution < 1.29 is 18.3 Å². The number of halogens is 2. The summed E-state index contributed by atoms with van der Waals surface area (Å²) in [6.07, 6.45) is 2.15. The van der Waals surface area contributed by atoms with Gasteiger partial charge >= 0.3 is 0 Å². The topological polar surface area (TPSA) is 71.5 Å². The largest absolute Gasteiger partial charge is 0.487 e. The number of nitrogens with one attached hydrogen (secondary N) is 2. The number of rotatable bonds is 7. The van der Waals surface area contributed by atoms with Crippen molar-refractivity contribution in [2.45, 2.75) is 44.9 Å². The Bertz CT molecular complexity index is 906. The van der Waals surface area contributed by atoms with Crippen molar-refractivity contribution in [1.82, 2.24) is 15.3 Å². The molecule has 0 aliphatic carbocycles. The lowest BCUT2D eigenvalue weighted by Gasteiger charge is -2.34. The molecule has 2 N–H and O–H groups in total. The Balaban J connectivity index is 1.47. The van der Waals surface area contributed by atoms with Crippen LogP contribution in [0.25, 0.3) is 0 Å². The van der Waals surface area contributed by atoms with Crippen LogP contribution in [0.1, 0.15) is 31.2 Å². The average Bonchev–Trinajstić information content (AvgIpc) is 2.76. The Hall–Kier alpha value is -2.52. The Kier molecular flexibility index (Phi) is 6.82. The smallest absolute Gasteiger partial charge is 0.172 e. The number of methoxy groups -OCH3 is 1. The van der Waals surface area contributed by atoms with Gasteiger partial charge in [-0.3, -0.25) is 0 Å². The van der Waals surface area contributed by atoms with Gasteiger partial charge in [-0.15, -0.1) is 0 Å². The van der Waals surface area contributed by atoms with E-state index < -0.39 is 11.6 Å². The van der Waals surface area contributed by atoms with E-state index in [0.29, 0.717) is 32.5 Å². The predicted octanol–water partition coefficient (Wildman–Crippen LogP) is 2.90. The second kappa shape index (κ2) is 9.74. The van der Waals surface area contributed by atoms with Gasteiger partial charge in [-0.25, -0.2) is 18.7 Å². The maximum atomic E-state index is 13.9. The van der Waals surface area contributed by atoms with Crippen molar-refractivity contribution in [3.05, 3.63) is 41.2 Å². The Labute approximate surface area is 181 Å². The van der Waals surface area contributed by atoms with Crippen molar-refractivity contribution >= 4 is 11.6 Å². The van der Waals surface area contributed by atoms with Gasteiger partial charge in [0.25, 0.3) is 0 Å². The summed E-state index contributed by atoms with van der Waals surface area (Å²) in [7, 11) is 1.68. The molecule has 1 fully saturated rings. The second-order valence-corrected chi connectivity index (χ2v) is 8.10. The molecule has 2 aromatic rings. The molecule has 9 heteroatoms. The van der Waals surface area contributed by atoms with E-state index in [-0.39, 0.29) is 17.9 Å². The van der Waals surface area contributed by atoms with E-state index in [1.165, 1.54) is 12.1 Å². The fourth-order valence-corrected chi connectivity index (χ4v) is 4.03. The predicted molar refractivity (Wildman–Crippen MR) is 115 cm³/mol. The monoisotopic (exact) mass is 433 g/mol. The van der Waals surface area contributed by atoms with Crippen molar-refractivity contribution in [1.29, 1.82) is 0 Å². The molecule has 2 aliphatic rings. The summed E-state index contributed by atoms with van der Waals surface area (Å²) in [4.78, 5) is 12.0. The third kappa shape index (κ3) is 5.22. The highest BCUT2D eigenvalue weighted by Crippen LogP contribution is 2.29. The van der Waals surface area contributed by atoms with E-state index in [1.54, 1.807) is 7.11 Å². The standard InChI is InChI=1S/C22H29F2N5O2/c1-14(13-30-2)26-21-22(28-18-5-8-25-12-19(18)27-21)29-9-6-16(7-10-29)31-20-4-3-15(23)11-17(20)24/h3-4,11,14,16,25H,5-10,12-13H2,1-2H3,(H,26,27). The summed E-state index contributed by atoms with van der Waals surface area (Å²) in [6.45, 7) is 5.65. The minimum Gasteiger partial charge on any atom is -0.487 e. The third-order valence-corrected chi connectivity index (χ3v) is 5.59. The minimum absolute atomic E-state index is 0.0926. The lowest BCUT2D eigenvalue weighted by molar-refractivity contribution is 0.163. The number of hydrogen-bond acceptors (Lipinski definition) is 7. The number of nitrogens with zero attached hydrogens (tertiary/aromatic N) is 3. The molecule has 0 amide bonds. The van der Waals surface area contributed by atoms with Gasteiger partial charge in [0.15, 0.2) is 23.2 Å². The van der Waals surface area contributed by atoms with Crippen LogP contribution >= 0.6 is 0 Å². The number of benzene rings is 1. The molecule has 1 unspecified atom stereocenters. The van der Waals surface area contributed by atoms with Crippen molar-refractivity contribution in [2.24, 2.45) is 0 Å². The van der Waals surface area contributed by atoms with E-state index in [4.69, 9.17) is 19.4 Å². The van der Waals surface area contributed by atoms with Gasteiger partial charge in [-0.05, 0) is 19.1 Å². The molecule has 0 radical (unpaired) electrons. The molecule has 0 bridgehead atoms. The Morgan fingerprint density at radius 2 is 2.03 bits per heavy atom. The number of fused-ring (bicyclic) bond motifs is 1. The average molecular weight is 434 g/mol. The van der Waals surface area contributed by atoms with E-state index >= 15 is 0 Å². The molecule has 1 atom stereocenters. The lowest BCUT2D eigenvalue weighted by atomic mass is 10.1. The Morgan fingerprint density at radius 3 is 2.77 bits per heavy atom. The summed E-state index contributed by atoms with van der Waals surface area (Å²) in [5.74, 6) is 0.418. The first-order valence-corrected chi connectivity index (χ1v) is 10.8. The summed E-state index contributed by atoms with van der Waals surface area (Å²) in [5.41, 5.74) is 2.01. The molecular formula is C22H29F2N5O2. The third-order valence-electron chi connectivity index (χ3n) is 5.59. The highest BCUT2D eigenvalue weighted by molar-refractivity contribution is 5.62. The maximum Gasteiger partial charge on any atom is 0.172 e. The molecule has 0 saturated carbocycles. The van der Waals surface area contributed by atoms with Crippen LogP contribution in [0.2, 0.25) is 0 Å². The van der Waals surface area contributed by atoms with Gasteiger partial charge in [0, 0.05) is 64.7 Å². The molecule has 1 aromatic carbocycles. The Morgan fingerprint density at radius 1 is 1.23 bits per heavy atom. The van der Waals surface area contributed by atoms with E-state index in [9.17, 15) is 8.78 Å². The zero-order chi connectivity index (χ0) is 21.8. The van der Waals surface area contributed by atoms with Crippen LogP contribution in [0, 0.1) is 11.6 Å². The van der Waals surface area contributed by atoms with Gasteiger partial charge in [-0.1, -0.05) is 0 Å². The number of ether oxygens (including phenoxy) is 2. The van der Waals surface area contributed by atoms with Crippen LogP contribution in [0.15, 0.2) is 18.2 Å². The molecule has 168 valence electrons. The van der Waals surface area contributed by atoms with E-state index in [2.05, 4.69) is 15.5 Å². The number of aromatic nitrogens is 2. The quantitative estimate of drug-likeness (QED) is 0.696. The zero-order valence-corrected chi connectivity index (χ0v) is 18.0. The zero-order valence-electron chi connectivity index (χ0n) is 18.0. The van der Waals surface area contributed by atoms with Crippen LogP contribution in [0.4, 0.5) is 20.4 Å². The molecule has 2 aliphatic heterocycles. The van der Waals surface area contributed by atoms with Crippen LogP contribution in [-0.4, -0.2) is 55.5 Å². The SMILES string of the molecule is COCC(C)Nc1nc2c(nc1N1CCC(Oc3ccc(F)cc3F)CC1)CCNC2. The maximum absolute atomic E-state index is 13.9. The summed E-state index contributed by atoms with van der Waals surface area (Å²) in [5, 5.41) is 6.78. The lowest BCUT2D eigenvalue weighted by Crippen LogP contribution is -2.40. The van der Waals surface area contributed by atoms with E-state index in [0.717, 1.165) is 48.6 Å². The van der Waals surface area contributed by atoms with Crippen molar-refractivity contribution in [2.75, 3.05) is 43.6 Å². The van der Waals surface area contributed by atoms with Crippen molar-refractivity contribution in [3.8, 4) is 5.75 Å². The fraction of sp³-hybridized carbons (Fsp3) is 0.545. The number of anilines is 2. The summed E-state index contributed by atoms with van der Waals surface area (Å²) in [6, 6.07) is 3.50. The first-order valence-electron chi connectivity index (χ1n) is 10.8. The molecule has 4 rings (SSSR count). The molecule has 1 saturated heterocycles. The van der Waals surface area contributed by atoms with Crippen molar-refractivity contribution in [3.63, 3.8) is 0 Å². The molecule has 3 heterocycles. The van der Waals surface area contributed by atoms with Crippen LogP contribution in [0.5, 0.6) is 5.75 Å². The molecular weight excluding hydrogens is 404 g/mol. The van der Waals surface area contributed by atoms with Gasteiger partial charge in [0.2, 0.25) is 0 Å². The highest BCUT2D eigenvalue weighted by atomic mass is 19.1. The first-order chi connectivity index (χ1) is 15.0. The summed E-state index contributed by atoms with van der Waals surface area (Å²) < 4.78 is 38.1. The fourth-order valence-electron chi connectivity index (χ4n) is 4.03. The molecule has 7 nitrogen and oxygen atoms in total. The minimum atomic E-state index is -0.671. The van der Waals surface area contributed by atoms with Gasteiger partial charge < -0.3 is 25.0 Å². The van der Waals surface area contributed by atoms with Gasteiger partial charge in [0.05, 0.1) is 18.0 Å².